The van der Waals surface area contributed by atoms with E-state index >= 15 is 0 Å². The van der Waals surface area contributed by atoms with Crippen molar-refractivity contribution < 1.29 is 0 Å². The molecule has 1 aromatic carbocycles. The van der Waals surface area contributed by atoms with E-state index in [1.807, 2.05) is 18.2 Å². The minimum absolute atomic E-state index is 0.203. The molecule has 2 rings (SSSR count). The maximum atomic E-state index is 6.65. The average Bonchev–Trinajstić information content (AvgIpc) is 2.30. The van der Waals surface area contributed by atoms with Crippen LogP contribution in [-0.4, -0.2) is 0 Å². The highest BCUT2D eigenvalue weighted by atomic mass is 35.5. The molecular weight excluding hydrogens is 218 g/mol. The minimum atomic E-state index is -0.203. The summed E-state index contributed by atoms with van der Waals surface area (Å²) in [6.07, 6.45) is 5.97. The molecule has 0 aliphatic heterocycles. The fourth-order valence-corrected chi connectivity index (χ4v) is 3.34. The fourth-order valence-electron chi connectivity index (χ4n) is 3.03. The normalized spacial score (nSPS) is 30.3. The molecule has 0 radical (unpaired) electrons. The molecule has 1 aliphatic rings. The fraction of sp³-hybridized carbons (Fsp3) is 0.571. The number of rotatable bonds is 2. The van der Waals surface area contributed by atoms with Crippen LogP contribution < -0.4 is 5.73 Å². The average molecular weight is 238 g/mol. The van der Waals surface area contributed by atoms with Crippen molar-refractivity contribution in [1.29, 1.82) is 0 Å². The zero-order valence-electron chi connectivity index (χ0n) is 9.88. The van der Waals surface area contributed by atoms with E-state index in [0.717, 1.165) is 23.4 Å². The molecular formula is C14H20ClN. The Morgan fingerprint density at radius 1 is 1.38 bits per heavy atom. The van der Waals surface area contributed by atoms with Gasteiger partial charge in [-0.25, -0.2) is 0 Å². The van der Waals surface area contributed by atoms with Crippen LogP contribution in [0.5, 0.6) is 0 Å². The molecule has 0 bridgehead atoms. The van der Waals surface area contributed by atoms with Gasteiger partial charge in [-0.05, 0) is 30.4 Å². The summed E-state index contributed by atoms with van der Waals surface area (Å²) in [6, 6.07) is 8.05. The molecule has 16 heavy (non-hydrogen) atoms. The zero-order chi connectivity index (χ0) is 11.6. The third-order valence-corrected chi connectivity index (χ3v) is 4.32. The number of halogens is 1. The highest BCUT2D eigenvalue weighted by molar-refractivity contribution is 6.31. The van der Waals surface area contributed by atoms with E-state index in [9.17, 15) is 0 Å². The largest absolute Gasteiger partial charge is 0.321 e. The molecule has 0 aromatic heterocycles. The Hall–Kier alpha value is -0.530. The Morgan fingerprint density at radius 2 is 2.12 bits per heavy atom. The van der Waals surface area contributed by atoms with Crippen molar-refractivity contribution in [3.63, 3.8) is 0 Å². The van der Waals surface area contributed by atoms with Crippen LogP contribution in [0.15, 0.2) is 24.3 Å². The molecule has 2 atom stereocenters. The van der Waals surface area contributed by atoms with E-state index in [0.29, 0.717) is 5.92 Å². The second-order valence-corrected chi connectivity index (χ2v) is 5.28. The van der Waals surface area contributed by atoms with Crippen molar-refractivity contribution in [3.05, 3.63) is 34.9 Å². The summed E-state index contributed by atoms with van der Waals surface area (Å²) in [5.74, 6) is 0.571. The molecule has 2 heteroatoms. The van der Waals surface area contributed by atoms with Gasteiger partial charge < -0.3 is 5.73 Å². The van der Waals surface area contributed by atoms with Gasteiger partial charge in [-0.2, -0.15) is 0 Å². The molecule has 2 N–H and O–H groups in total. The Kier molecular flexibility index (Phi) is 3.56. The predicted molar refractivity (Wildman–Crippen MR) is 69.6 cm³/mol. The monoisotopic (exact) mass is 237 g/mol. The lowest BCUT2D eigenvalue weighted by atomic mass is 9.68. The van der Waals surface area contributed by atoms with E-state index in [-0.39, 0.29) is 5.54 Å². The molecule has 1 aliphatic carbocycles. The van der Waals surface area contributed by atoms with Gasteiger partial charge in [-0.3, -0.25) is 0 Å². The topological polar surface area (TPSA) is 26.0 Å². The second-order valence-electron chi connectivity index (χ2n) is 4.87. The first kappa shape index (κ1) is 11.9. The maximum absolute atomic E-state index is 6.65. The lowest BCUT2D eigenvalue weighted by Gasteiger charge is -2.42. The first-order valence-electron chi connectivity index (χ1n) is 6.22. The van der Waals surface area contributed by atoms with Crippen LogP contribution in [0, 0.1) is 5.92 Å². The molecule has 1 aromatic rings. The van der Waals surface area contributed by atoms with Gasteiger partial charge in [0.05, 0.1) is 0 Å². The van der Waals surface area contributed by atoms with Crippen LogP contribution in [-0.2, 0) is 5.54 Å². The molecule has 0 saturated heterocycles. The third-order valence-electron chi connectivity index (χ3n) is 3.99. The molecule has 1 nitrogen and oxygen atoms in total. The number of benzene rings is 1. The lowest BCUT2D eigenvalue weighted by Crippen LogP contribution is -2.46. The minimum Gasteiger partial charge on any atom is -0.321 e. The number of hydrogen-bond donors (Lipinski definition) is 1. The van der Waals surface area contributed by atoms with Crippen LogP contribution >= 0.6 is 11.6 Å². The van der Waals surface area contributed by atoms with Gasteiger partial charge in [-0.1, -0.05) is 56.0 Å². The number of hydrogen-bond acceptors (Lipinski definition) is 1. The van der Waals surface area contributed by atoms with Gasteiger partial charge in [0.15, 0.2) is 0 Å². The van der Waals surface area contributed by atoms with Gasteiger partial charge in [0.2, 0.25) is 0 Å². The van der Waals surface area contributed by atoms with Crippen molar-refractivity contribution in [3.8, 4) is 0 Å². The summed E-state index contributed by atoms with van der Waals surface area (Å²) < 4.78 is 0. The molecule has 88 valence electrons. The van der Waals surface area contributed by atoms with E-state index in [1.165, 1.54) is 19.3 Å². The lowest BCUT2D eigenvalue weighted by molar-refractivity contribution is 0.184. The molecule has 1 fully saturated rings. The Labute approximate surface area is 103 Å². The smallest absolute Gasteiger partial charge is 0.0456 e. The highest BCUT2D eigenvalue weighted by Crippen LogP contribution is 2.43. The molecule has 0 amide bonds. The van der Waals surface area contributed by atoms with Crippen LogP contribution in [0.4, 0.5) is 0 Å². The van der Waals surface area contributed by atoms with Crippen molar-refractivity contribution in [2.75, 3.05) is 0 Å². The van der Waals surface area contributed by atoms with Gasteiger partial charge in [-0.15, -0.1) is 0 Å². The van der Waals surface area contributed by atoms with Crippen molar-refractivity contribution in [2.24, 2.45) is 11.7 Å². The Morgan fingerprint density at radius 3 is 2.81 bits per heavy atom. The van der Waals surface area contributed by atoms with Crippen LogP contribution in [0.3, 0.4) is 0 Å². The van der Waals surface area contributed by atoms with E-state index < -0.39 is 0 Å². The molecule has 1 saturated carbocycles. The van der Waals surface area contributed by atoms with Crippen molar-refractivity contribution in [1.82, 2.24) is 0 Å². The Bertz CT molecular complexity index is 364. The molecule has 2 unspecified atom stereocenters. The van der Waals surface area contributed by atoms with Crippen LogP contribution in [0.25, 0.3) is 0 Å². The van der Waals surface area contributed by atoms with Gasteiger partial charge >= 0.3 is 0 Å². The van der Waals surface area contributed by atoms with Crippen molar-refractivity contribution in [2.45, 2.75) is 44.6 Å². The summed E-state index contributed by atoms with van der Waals surface area (Å²) in [4.78, 5) is 0. The SMILES string of the molecule is CCC1CCCCC1(N)c1ccccc1Cl. The first-order chi connectivity index (χ1) is 7.68. The summed E-state index contributed by atoms with van der Waals surface area (Å²) in [6.45, 7) is 2.23. The quantitative estimate of drug-likeness (QED) is 0.824. The Balaban J connectivity index is 2.39. The standard InChI is InChI=1S/C14H20ClN/c1-2-11-7-5-6-10-14(11,16)12-8-3-4-9-13(12)15/h3-4,8-9,11H,2,5-7,10,16H2,1H3. The predicted octanol–water partition coefficient (Wildman–Crippen LogP) is 4.09. The highest BCUT2D eigenvalue weighted by Gasteiger charge is 2.38. The maximum Gasteiger partial charge on any atom is 0.0456 e. The molecule has 0 heterocycles. The van der Waals surface area contributed by atoms with Gasteiger partial charge in [0.25, 0.3) is 0 Å². The summed E-state index contributed by atoms with van der Waals surface area (Å²) >= 11 is 6.29. The van der Waals surface area contributed by atoms with Crippen LogP contribution in [0.1, 0.15) is 44.6 Å². The van der Waals surface area contributed by atoms with Gasteiger partial charge in [0, 0.05) is 10.6 Å². The van der Waals surface area contributed by atoms with Crippen molar-refractivity contribution >= 4 is 11.6 Å². The zero-order valence-corrected chi connectivity index (χ0v) is 10.6. The van der Waals surface area contributed by atoms with Gasteiger partial charge in [0.1, 0.15) is 0 Å². The first-order valence-corrected chi connectivity index (χ1v) is 6.60. The molecule has 0 spiro atoms. The second kappa shape index (κ2) is 4.77. The summed E-state index contributed by atoms with van der Waals surface area (Å²) in [7, 11) is 0. The van der Waals surface area contributed by atoms with E-state index in [4.69, 9.17) is 17.3 Å². The summed E-state index contributed by atoms with van der Waals surface area (Å²) in [5.41, 5.74) is 7.59. The van der Waals surface area contributed by atoms with E-state index in [1.54, 1.807) is 0 Å². The van der Waals surface area contributed by atoms with E-state index in [2.05, 4.69) is 13.0 Å². The van der Waals surface area contributed by atoms with Crippen LogP contribution in [0.2, 0.25) is 5.02 Å². The third kappa shape index (κ3) is 1.99. The summed E-state index contributed by atoms with van der Waals surface area (Å²) in [5, 5.41) is 0.824. The number of nitrogens with two attached hydrogens (primary N) is 1.